The minimum Gasteiger partial charge on any atom is -0.486 e. The van der Waals surface area contributed by atoms with Gasteiger partial charge in [-0.2, -0.15) is 5.26 Å². The van der Waals surface area contributed by atoms with E-state index in [2.05, 4.69) is 16.0 Å². The first kappa shape index (κ1) is 12.4. The molecule has 0 radical (unpaired) electrons. The molecule has 0 amide bonds. The second kappa shape index (κ2) is 5.17. The molecular weight excluding hydrogens is 254 g/mol. The van der Waals surface area contributed by atoms with Crippen LogP contribution in [0.4, 0.5) is 0 Å². The van der Waals surface area contributed by atoms with Crippen LogP contribution in [0.1, 0.15) is 22.7 Å². The summed E-state index contributed by atoms with van der Waals surface area (Å²) in [4.78, 5) is 8.06. The Labute approximate surface area is 116 Å². The average molecular weight is 267 g/mol. The number of benzene rings is 1. The first-order chi connectivity index (χ1) is 9.79. The van der Waals surface area contributed by atoms with Crippen LogP contribution in [0.2, 0.25) is 0 Å². The van der Waals surface area contributed by atoms with Crippen LogP contribution in [0, 0.1) is 18.3 Å². The van der Waals surface area contributed by atoms with E-state index in [9.17, 15) is 5.26 Å². The Hall–Kier alpha value is -2.61. The van der Waals surface area contributed by atoms with Crippen LogP contribution >= 0.6 is 0 Å². The molecule has 20 heavy (non-hydrogen) atoms. The van der Waals surface area contributed by atoms with E-state index in [0.29, 0.717) is 24.7 Å². The molecule has 0 bridgehead atoms. The Balaban J connectivity index is 2.07. The summed E-state index contributed by atoms with van der Waals surface area (Å²) >= 11 is 0. The lowest BCUT2D eigenvalue weighted by Crippen LogP contribution is -2.16. The van der Waals surface area contributed by atoms with Crippen LogP contribution in [0.15, 0.2) is 30.7 Å². The molecule has 1 aromatic carbocycles. The van der Waals surface area contributed by atoms with Gasteiger partial charge in [0.2, 0.25) is 0 Å². The lowest BCUT2D eigenvalue weighted by atomic mass is 9.92. The molecule has 2 aromatic rings. The third-order valence-corrected chi connectivity index (χ3v) is 3.27. The Bertz CT molecular complexity index is 665. The van der Waals surface area contributed by atoms with E-state index < -0.39 is 5.92 Å². The second-order valence-electron chi connectivity index (χ2n) is 4.55. The van der Waals surface area contributed by atoms with E-state index in [1.807, 2.05) is 19.1 Å². The zero-order valence-electron chi connectivity index (χ0n) is 11.0. The normalized spacial score (nSPS) is 14.4. The second-order valence-corrected chi connectivity index (χ2v) is 4.55. The van der Waals surface area contributed by atoms with Crippen molar-refractivity contribution in [2.24, 2.45) is 0 Å². The number of nitriles is 1. The Morgan fingerprint density at radius 2 is 2.00 bits per heavy atom. The van der Waals surface area contributed by atoms with Gasteiger partial charge in [-0.15, -0.1) is 0 Å². The maximum atomic E-state index is 9.48. The first-order valence-corrected chi connectivity index (χ1v) is 6.35. The van der Waals surface area contributed by atoms with Crippen LogP contribution in [-0.2, 0) is 0 Å². The largest absolute Gasteiger partial charge is 0.486 e. The summed E-state index contributed by atoms with van der Waals surface area (Å²) in [5.74, 6) is 0.983. The number of aromatic nitrogens is 2. The zero-order valence-corrected chi connectivity index (χ0v) is 11.0. The summed E-state index contributed by atoms with van der Waals surface area (Å²) in [6.45, 7) is 3.04. The molecule has 0 aliphatic carbocycles. The zero-order chi connectivity index (χ0) is 13.9. The molecule has 1 unspecified atom stereocenters. The standard InChI is InChI=1S/C15H13N3O2/c1-10-6-14-15(20-5-4-19-14)7-11(10)12(8-16)13-2-3-17-9-18-13/h2-3,6-7,9,12H,4-5H2,1H3. The third-order valence-electron chi connectivity index (χ3n) is 3.27. The minimum absolute atomic E-state index is 0.436. The van der Waals surface area contributed by atoms with Crippen LogP contribution in [0.3, 0.4) is 0 Å². The Kier molecular flexibility index (Phi) is 3.21. The molecule has 1 atom stereocenters. The van der Waals surface area contributed by atoms with Gasteiger partial charge in [0.05, 0.1) is 11.8 Å². The molecule has 1 aliphatic rings. The number of hydrogen-bond acceptors (Lipinski definition) is 5. The highest BCUT2D eigenvalue weighted by Crippen LogP contribution is 2.36. The first-order valence-electron chi connectivity index (χ1n) is 6.35. The number of nitrogens with zero attached hydrogens (tertiary/aromatic N) is 3. The van der Waals surface area contributed by atoms with Crippen molar-refractivity contribution in [2.75, 3.05) is 13.2 Å². The fourth-order valence-electron chi connectivity index (χ4n) is 2.28. The van der Waals surface area contributed by atoms with E-state index in [4.69, 9.17) is 9.47 Å². The molecule has 0 fully saturated rings. The number of rotatable bonds is 2. The summed E-state index contributed by atoms with van der Waals surface area (Å²) in [7, 11) is 0. The van der Waals surface area contributed by atoms with Crippen molar-refractivity contribution in [3.8, 4) is 17.6 Å². The monoisotopic (exact) mass is 267 g/mol. The molecule has 100 valence electrons. The molecule has 0 spiro atoms. The average Bonchev–Trinajstić information content (AvgIpc) is 2.49. The molecule has 0 saturated heterocycles. The van der Waals surface area contributed by atoms with Gasteiger partial charge < -0.3 is 9.47 Å². The maximum Gasteiger partial charge on any atom is 0.161 e. The topological polar surface area (TPSA) is 68.0 Å². The van der Waals surface area contributed by atoms with E-state index in [-0.39, 0.29) is 0 Å². The van der Waals surface area contributed by atoms with Crippen molar-refractivity contribution in [1.29, 1.82) is 5.26 Å². The highest BCUT2D eigenvalue weighted by molar-refractivity contribution is 5.51. The van der Waals surface area contributed by atoms with Gasteiger partial charge >= 0.3 is 0 Å². The molecule has 5 heteroatoms. The van der Waals surface area contributed by atoms with Gasteiger partial charge in [0, 0.05) is 6.20 Å². The number of aryl methyl sites for hydroxylation is 1. The molecular formula is C15H13N3O2. The number of hydrogen-bond donors (Lipinski definition) is 0. The van der Waals surface area contributed by atoms with Gasteiger partial charge in [-0.25, -0.2) is 9.97 Å². The van der Waals surface area contributed by atoms with E-state index in [1.165, 1.54) is 6.33 Å². The van der Waals surface area contributed by atoms with Gasteiger partial charge in [0.15, 0.2) is 11.5 Å². The highest BCUT2D eigenvalue weighted by Gasteiger charge is 2.21. The van der Waals surface area contributed by atoms with Crippen molar-refractivity contribution in [3.63, 3.8) is 0 Å². The SMILES string of the molecule is Cc1cc2c(cc1C(C#N)c1ccncn1)OCCO2. The van der Waals surface area contributed by atoms with Crippen molar-refractivity contribution in [1.82, 2.24) is 9.97 Å². The van der Waals surface area contributed by atoms with Crippen LogP contribution in [-0.4, -0.2) is 23.2 Å². The van der Waals surface area contributed by atoms with E-state index in [0.717, 1.165) is 16.9 Å². The fourth-order valence-corrected chi connectivity index (χ4v) is 2.28. The van der Waals surface area contributed by atoms with Gasteiger partial charge in [0.1, 0.15) is 25.5 Å². The molecule has 1 aliphatic heterocycles. The number of ether oxygens (including phenoxy) is 2. The van der Waals surface area contributed by atoms with Gasteiger partial charge in [-0.1, -0.05) is 0 Å². The highest BCUT2D eigenvalue weighted by atomic mass is 16.6. The quantitative estimate of drug-likeness (QED) is 0.834. The van der Waals surface area contributed by atoms with Gasteiger partial charge in [0.25, 0.3) is 0 Å². The van der Waals surface area contributed by atoms with Crippen molar-refractivity contribution < 1.29 is 9.47 Å². The molecule has 2 heterocycles. The fraction of sp³-hybridized carbons (Fsp3) is 0.267. The van der Waals surface area contributed by atoms with Crippen molar-refractivity contribution in [2.45, 2.75) is 12.8 Å². The van der Waals surface area contributed by atoms with Crippen molar-refractivity contribution >= 4 is 0 Å². The predicted octanol–water partition coefficient (Wildman–Crippen LogP) is 2.21. The lowest BCUT2D eigenvalue weighted by molar-refractivity contribution is 0.171. The lowest BCUT2D eigenvalue weighted by Gasteiger charge is -2.21. The molecule has 5 nitrogen and oxygen atoms in total. The van der Waals surface area contributed by atoms with E-state index in [1.54, 1.807) is 12.3 Å². The maximum absolute atomic E-state index is 9.48. The van der Waals surface area contributed by atoms with Crippen LogP contribution in [0.5, 0.6) is 11.5 Å². The predicted molar refractivity (Wildman–Crippen MR) is 71.7 cm³/mol. The summed E-state index contributed by atoms with van der Waals surface area (Å²) in [6.07, 6.45) is 3.09. The van der Waals surface area contributed by atoms with Gasteiger partial charge in [-0.3, -0.25) is 0 Å². The minimum atomic E-state index is -0.436. The summed E-state index contributed by atoms with van der Waals surface area (Å²) in [6, 6.07) is 7.84. The molecule has 0 N–H and O–H groups in total. The molecule has 0 saturated carbocycles. The Morgan fingerprint density at radius 3 is 2.65 bits per heavy atom. The molecule has 1 aromatic heterocycles. The summed E-state index contributed by atoms with van der Waals surface area (Å²) in [5, 5.41) is 9.48. The van der Waals surface area contributed by atoms with E-state index >= 15 is 0 Å². The summed E-state index contributed by atoms with van der Waals surface area (Å²) < 4.78 is 11.1. The third kappa shape index (κ3) is 2.16. The smallest absolute Gasteiger partial charge is 0.161 e. The van der Waals surface area contributed by atoms with Gasteiger partial charge in [-0.05, 0) is 36.2 Å². The van der Waals surface area contributed by atoms with Crippen LogP contribution in [0.25, 0.3) is 0 Å². The molecule has 3 rings (SSSR count). The van der Waals surface area contributed by atoms with Crippen LogP contribution < -0.4 is 9.47 Å². The Morgan fingerprint density at radius 1 is 1.25 bits per heavy atom. The number of fused-ring (bicyclic) bond motifs is 1. The van der Waals surface area contributed by atoms with Crippen molar-refractivity contribution in [3.05, 3.63) is 47.5 Å². The summed E-state index contributed by atoms with van der Waals surface area (Å²) in [5.41, 5.74) is 2.55.